The molecule has 0 aromatic carbocycles. The van der Waals surface area contributed by atoms with Gasteiger partial charge in [0.1, 0.15) is 0 Å². The normalized spacial score (nSPS) is 24.1. The van der Waals surface area contributed by atoms with E-state index in [9.17, 15) is 0 Å². The van der Waals surface area contributed by atoms with Gasteiger partial charge in [-0.15, -0.1) is 0 Å². The van der Waals surface area contributed by atoms with Gasteiger partial charge in [0, 0.05) is 31.2 Å². The molecular weight excluding hydrogens is 258 g/mol. The van der Waals surface area contributed by atoms with Crippen molar-refractivity contribution in [2.24, 2.45) is 5.41 Å². The lowest BCUT2D eigenvalue weighted by Crippen LogP contribution is -2.58. The van der Waals surface area contributed by atoms with Crippen LogP contribution < -0.4 is 5.32 Å². The highest BCUT2D eigenvalue weighted by molar-refractivity contribution is 4.98. The van der Waals surface area contributed by atoms with E-state index in [0.717, 1.165) is 6.04 Å². The van der Waals surface area contributed by atoms with Crippen molar-refractivity contribution in [2.75, 3.05) is 40.8 Å². The molecule has 0 spiro atoms. The third-order valence-corrected chi connectivity index (χ3v) is 5.70. The van der Waals surface area contributed by atoms with E-state index in [1.54, 1.807) is 0 Å². The van der Waals surface area contributed by atoms with Crippen LogP contribution in [0.4, 0.5) is 0 Å². The lowest BCUT2D eigenvalue weighted by Gasteiger charge is -2.50. The van der Waals surface area contributed by atoms with E-state index in [2.05, 4.69) is 50.1 Å². The van der Waals surface area contributed by atoms with Gasteiger partial charge in [-0.25, -0.2) is 0 Å². The van der Waals surface area contributed by atoms with Crippen LogP contribution in [0.5, 0.6) is 0 Å². The topological polar surface area (TPSA) is 18.5 Å². The zero-order valence-electron chi connectivity index (χ0n) is 15.0. The van der Waals surface area contributed by atoms with E-state index in [1.165, 1.54) is 64.6 Å². The first-order valence-corrected chi connectivity index (χ1v) is 8.98. The van der Waals surface area contributed by atoms with E-state index in [-0.39, 0.29) is 0 Å². The molecule has 0 heterocycles. The molecule has 2 saturated carbocycles. The zero-order valence-corrected chi connectivity index (χ0v) is 15.0. The van der Waals surface area contributed by atoms with Gasteiger partial charge in [-0.3, -0.25) is 0 Å². The Morgan fingerprint density at radius 1 is 1.19 bits per heavy atom. The van der Waals surface area contributed by atoms with Crippen LogP contribution in [-0.4, -0.2) is 62.2 Å². The third-order valence-electron chi connectivity index (χ3n) is 5.70. The molecule has 0 aromatic rings. The summed E-state index contributed by atoms with van der Waals surface area (Å²) in [5, 5.41) is 3.76. The second kappa shape index (κ2) is 6.97. The van der Waals surface area contributed by atoms with E-state index in [0.29, 0.717) is 11.0 Å². The van der Waals surface area contributed by atoms with E-state index < -0.39 is 0 Å². The molecule has 3 heteroatoms. The van der Waals surface area contributed by atoms with Crippen molar-refractivity contribution in [2.45, 2.75) is 70.4 Å². The van der Waals surface area contributed by atoms with E-state index in [4.69, 9.17) is 0 Å². The summed E-state index contributed by atoms with van der Waals surface area (Å²) >= 11 is 0. The number of nitrogens with one attached hydrogen (secondary N) is 1. The predicted octanol–water partition coefficient (Wildman–Crippen LogP) is 2.96. The smallest absolute Gasteiger partial charge is 0.0330 e. The van der Waals surface area contributed by atoms with Crippen LogP contribution in [-0.2, 0) is 0 Å². The Bertz CT molecular complexity index is 320. The molecule has 1 atom stereocenters. The lowest BCUT2D eigenvalue weighted by atomic mass is 9.75. The van der Waals surface area contributed by atoms with Gasteiger partial charge >= 0.3 is 0 Å². The molecule has 21 heavy (non-hydrogen) atoms. The fourth-order valence-electron chi connectivity index (χ4n) is 4.05. The van der Waals surface area contributed by atoms with Crippen LogP contribution in [0.2, 0.25) is 0 Å². The summed E-state index contributed by atoms with van der Waals surface area (Å²) in [6, 6.07) is 0.825. The van der Waals surface area contributed by atoms with Crippen LogP contribution in [0.1, 0.15) is 58.8 Å². The van der Waals surface area contributed by atoms with Crippen LogP contribution >= 0.6 is 0 Å². The molecule has 0 aliphatic heterocycles. The monoisotopic (exact) mass is 295 g/mol. The molecular formula is C18H37N3. The molecule has 0 radical (unpaired) electrons. The number of rotatable bonds is 10. The standard InChI is InChI=1S/C18H37N3/c1-6-10-17(2,13-19-16-8-9-16)14-21(5)15-18(20(3)4)11-7-12-18/h16,19H,6-15H2,1-5H3. The molecule has 2 aliphatic rings. The highest BCUT2D eigenvalue weighted by Gasteiger charge is 2.40. The first-order valence-electron chi connectivity index (χ1n) is 8.98. The molecule has 1 N–H and O–H groups in total. The van der Waals surface area contributed by atoms with Gasteiger partial charge in [0.25, 0.3) is 0 Å². The number of likely N-dealkylation sites (N-methyl/N-ethyl adjacent to an activating group) is 2. The number of nitrogens with zero attached hydrogens (tertiary/aromatic N) is 2. The van der Waals surface area contributed by atoms with Gasteiger partial charge in [0.15, 0.2) is 0 Å². The van der Waals surface area contributed by atoms with Crippen molar-refractivity contribution in [3.8, 4) is 0 Å². The summed E-state index contributed by atoms with van der Waals surface area (Å²) in [6.07, 6.45) is 9.54. The summed E-state index contributed by atoms with van der Waals surface area (Å²) in [4.78, 5) is 5.07. The maximum absolute atomic E-state index is 3.76. The fourth-order valence-corrected chi connectivity index (χ4v) is 4.05. The molecule has 2 rings (SSSR count). The lowest BCUT2D eigenvalue weighted by molar-refractivity contribution is 0.0162. The number of hydrogen-bond acceptors (Lipinski definition) is 3. The van der Waals surface area contributed by atoms with E-state index >= 15 is 0 Å². The molecule has 0 amide bonds. The van der Waals surface area contributed by atoms with Crippen LogP contribution in [0, 0.1) is 5.41 Å². The van der Waals surface area contributed by atoms with Gasteiger partial charge in [-0.2, -0.15) is 0 Å². The van der Waals surface area contributed by atoms with Crippen LogP contribution in [0.15, 0.2) is 0 Å². The Balaban J connectivity index is 1.85. The second-order valence-electron chi connectivity index (χ2n) is 8.36. The van der Waals surface area contributed by atoms with Crippen molar-refractivity contribution in [1.82, 2.24) is 15.1 Å². The van der Waals surface area contributed by atoms with E-state index in [1.807, 2.05) is 0 Å². The van der Waals surface area contributed by atoms with Gasteiger partial charge in [0.2, 0.25) is 0 Å². The Morgan fingerprint density at radius 3 is 2.29 bits per heavy atom. The Morgan fingerprint density at radius 2 is 1.86 bits per heavy atom. The molecule has 1 unspecified atom stereocenters. The average molecular weight is 296 g/mol. The minimum absolute atomic E-state index is 0.420. The van der Waals surface area contributed by atoms with Crippen molar-refractivity contribution >= 4 is 0 Å². The van der Waals surface area contributed by atoms with Crippen molar-refractivity contribution in [3.05, 3.63) is 0 Å². The molecule has 2 fully saturated rings. The first-order chi connectivity index (χ1) is 9.89. The molecule has 0 saturated heterocycles. The molecule has 3 nitrogen and oxygen atoms in total. The largest absolute Gasteiger partial charge is 0.313 e. The van der Waals surface area contributed by atoms with Crippen LogP contribution in [0.3, 0.4) is 0 Å². The average Bonchev–Trinajstić information content (AvgIpc) is 3.15. The summed E-state index contributed by atoms with van der Waals surface area (Å²) < 4.78 is 0. The fraction of sp³-hybridized carbons (Fsp3) is 1.00. The summed E-state index contributed by atoms with van der Waals surface area (Å²) in [6.45, 7) is 8.43. The highest BCUT2D eigenvalue weighted by Crippen LogP contribution is 2.37. The summed E-state index contributed by atoms with van der Waals surface area (Å²) in [5.74, 6) is 0. The first kappa shape index (κ1) is 17.2. The quantitative estimate of drug-likeness (QED) is 0.668. The zero-order chi connectivity index (χ0) is 15.5. The summed E-state index contributed by atoms with van der Waals surface area (Å²) in [7, 11) is 6.84. The predicted molar refractivity (Wildman–Crippen MR) is 91.8 cm³/mol. The summed E-state index contributed by atoms with van der Waals surface area (Å²) in [5.41, 5.74) is 0.870. The van der Waals surface area contributed by atoms with Crippen molar-refractivity contribution in [3.63, 3.8) is 0 Å². The number of hydrogen-bond donors (Lipinski definition) is 1. The maximum atomic E-state index is 3.76. The van der Waals surface area contributed by atoms with Crippen molar-refractivity contribution < 1.29 is 0 Å². The molecule has 124 valence electrons. The molecule has 0 bridgehead atoms. The van der Waals surface area contributed by atoms with Crippen molar-refractivity contribution in [1.29, 1.82) is 0 Å². The maximum Gasteiger partial charge on any atom is 0.0330 e. The third kappa shape index (κ3) is 4.67. The Kier molecular flexibility index (Phi) is 5.72. The minimum atomic E-state index is 0.420. The van der Waals surface area contributed by atoms with Gasteiger partial charge < -0.3 is 15.1 Å². The van der Waals surface area contributed by atoms with Crippen LogP contribution in [0.25, 0.3) is 0 Å². The van der Waals surface area contributed by atoms with Gasteiger partial charge in [-0.05, 0) is 65.1 Å². The highest BCUT2D eigenvalue weighted by atomic mass is 15.2. The minimum Gasteiger partial charge on any atom is -0.313 e. The Hall–Kier alpha value is -0.120. The molecule has 2 aliphatic carbocycles. The molecule has 0 aromatic heterocycles. The van der Waals surface area contributed by atoms with Gasteiger partial charge in [0.05, 0.1) is 0 Å². The Labute approximate surface area is 132 Å². The van der Waals surface area contributed by atoms with Gasteiger partial charge in [-0.1, -0.05) is 20.3 Å². The second-order valence-corrected chi connectivity index (χ2v) is 8.36. The SMILES string of the molecule is CCCC(C)(CNC1CC1)CN(C)CC1(N(C)C)CCC1.